The molecule has 8 N–H and O–H groups in total. The lowest BCUT2D eigenvalue weighted by atomic mass is 9.79. The molecule has 0 saturated carbocycles. The van der Waals surface area contributed by atoms with Crippen molar-refractivity contribution in [2.75, 3.05) is 109 Å². The van der Waals surface area contributed by atoms with Gasteiger partial charge in [-0.1, -0.05) is 111 Å². The first-order valence-electron chi connectivity index (χ1n) is 56.2. The monoisotopic (exact) mass is 1700 g/mol. The fourth-order valence-corrected chi connectivity index (χ4v) is 15.7. The third-order valence-corrected chi connectivity index (χ3v) is 22.6. The quantitative estimate of drug-likeness (QED) is 0.0303. The van der Waals surface area contributed by atoms with E-state index in [-0.39, 0.29) is 176 Å². The van der Waals surface area contributed by atoms with Gasteiger partial charge in [0.05, 0.1) is 74.6 Å². The Kier molecular flexibility index (Phi) is 23.0. The number of ether oxygens (including phenoxy) is 12. The molecule has 12 rings (SSSR count). The maximum Gasteiger partial charge on any atom is 0.323 e. The molecule has 672 valence electrons. The Morgan fingerprint density at radius 2 is 0.558 bits per heavy atom. The molecule has 8 aliphatic rings. The van der Waals surface area contributed by atoms with Crippen LogP contribution in [0.25, 0.3) is 0 Å². The highest BCUT2D eigenvalue weighted by Gasteiger charge is 2.47. The molecule has 8 heterocycles. The van der Waals surface area contributed by atoms with Crippen LogP contribution in [0.5, 0.6) is 46.0 Å². The highest BCUT2D eigenvalue weighted by atomic mass is 16.6. The van der Waals surface area contributed by atoms with Crippen LogP contribution in [0, 0.1) is 71.0 Å². The van der Waals surface area contributed by atoms with Gasteiger partial charge in [0.2, 0.25) is 0 Å². The van der Waals surface area contributed by atoms with Crippen molar-refractivity contribution in [2.24, 2.45) is 93.9 Å². The molecule has 0 bridgehead atoms. The number of hydrogen-bond donors (Lipinski definition) is 4. The largest absolute Gasteiger partial charge is 0.493 e. The number of rotatable bonds is 28. The van der Waals surface area contributed by atoms with E-state index in [2.05, 4.69) is 0 Å². The summed E-state index contributed by atoms with van der Waals surface area (Å²) in [6.07, 6.45) is -16.6. The van der Waals surface area contributed by atoms with Gasteiger partial charge in [-0.05, 0) is 192 Å². The third kappa shape index (κ3) is 23.8. The van der Waals surface area contributed by atoms with Gasteiger partial charge in [-0.15, -0.1) is 0 Å². The van der Waals surface area contributed by atoms with Crippen molar-refractivity contribution < 1.29 is 116 Å². The second kappa shape index (κ2) is 43.9. The van der Waals surface area contributed by atoms with Crippen molar-refractivity contribution >= 4 is 23.9 Å². The summed E-state index contributed by atoms with van der Waals surface area (Å²) in [5, 5.41) is 0. The molecule has 0 aliphatic carbocycles. The van der Waals surface area contributed by atoms with E-state index < -0.39 is 199 Å². The molecule has 120 heavy (non-hydrogen) atoms. The molecule has 4 saturated heterocycles. The number of esters is 4. The van der Waals surface area contributed by atoms with Crippen molar-refractivity contribution in [3.05, 3.63) is 93.0 Å². The molecule has 0 aromatic heterocycles. The fourth-order valence-electron chi connectivity index (χ4n) is 15.7. The Hall–Kier alpha value is -7.16. The average molecular weight is 1700 g/mol. The Morgan fingerprint density at radius 3 is 0.792 bits per heavy atom. The summed E-state index contributed by atoms with van der Waals surface area (Å²) in [5.74, 6) is -5.77. The Balaban J connectivity index is 0.000000221. The number of benzene rings is 4. The zero-order valence-corrected chi connectivity index (χ0v) is 74.0. The van der Waals surface area contributed by atoms with Gasteiger partial charge in [-0.3, -0.25) is 38.8 Å². The topological polar surface area (TPSA) is 296 Å². The van der Waals surface area contributed by atoms with Gasteiger partial charge in [0.1, 0.15) is 48.5 Å². The smallest absolute Gasteiger partial charge is 0.323 e. The van der Waals surface area contributed by atoms with E-state index in [9.17, 15) is 28.8 Å². The van der Waals surface area contributed by atoms with Crippen molar-refractivity contribution in [3.63, 3.8) is 0 Å². The number of piperidine rings is 4. The second-order valence-electron chi connectivity index (χ2n) is 34.8. The minimum Gasteiger partial charge on any atom is -0.493 e. The van der Waals surface area contributed by atoms with Crippen molar-refractivity contribution in [1.29, 1.82) is 0 Å². The lowest BCUT2D eigenvalue weighted by Gasteiger charge is -2.47. The molecular formula is C96H152N8O16. The highest BCUT2D eigenvalue weighted by molar-refractivity contribution is 5.77. The van der Waals surface area contributed by atoms with Crippen LogP contribution in [-0.4, -0.2) is 201 Å². The molecule has 4 fully saturated rings. The SMILES string of the molecule is [2H]C([2H])([2H])Oc1cc2c(cc1OC)C1([2H])CC(OC(=O)[C@@H](N)C(C)C)C(CC(C)C)CN1C([2H])([2H])C2([2H])[2H].[2H]C([2H])([2H])Oc1cc2c(cc1OC)C1([2H])CC([2H])(OC(=O)[C@@H](N)C(C)C)C(CC(C)C)CN1C([2H])([2H])C2([2H])[2H].[2H]C1(OC(=O)[C@@H](N)C(C)C)CC2([2H])c3cc(OC)c(OC)cc3C([2H])([2H])C([2H])([2H])N2CC1CC(C)C.[2H]C1(OC(=O)[C@@H](N)C(C)C)CC2([2H])c3cc(OC)c(OC)cc3C([2H])([2H])C([2H])([2H])N2CC1CC(C)C. The van der Waals surface area contributed by atoms with Gasteiger partial charge < -0.3 is 79.8 Å². The Bertz CT molecular complexity index is 5300. The van der Waals surface area contributed by atoms with E-state index in [1.807, 2.05) is 55.4 Å². The van der Waals surface area contributed by atoms with Crippen LogP contribution >= 0.6 is 0 Å². The number of hydrogen-bond acceptors (Lipinski definition) is 24. The summed E-state index contributed by atoms with van der Waals surface area (Å²) in [4.78, 5) is 56.2. The molecule has 24 heteroatoms. The zero-order chi connectivity index (χ0) is 114. The maximum absolute atomic E-state index is 12.9. The average Bonchev–Trinajstić information content (AvgIpc) is 0.692. The lowest BCUT2D eigenvalue weighted by Crippen LogP contribution is -2.51. The third-order valence-electron chi connectivity index (χ3n) is 22.6. The van der Waals surface area contributed by atoms with Gasteiger partial charge >= 0.3 is 23.9 Å². The first-order chi connectivity index (χ1) is 67.8. The summed E-state index contributed by atoms with van der Waals surface area (Å²) in [6.45, 7) is 18.5. The molecule has 0 radical (unpaired) electrons. The van der Waals surface area contributed by atoms with Crippen molar-refractivity contribution in [2.45, 2.75) is 260 Å². The van der Waals surface area contributed by atoms with Crippen LogP contribution in [0.1, 0.15) is 270 Å². The van der Waals surface area contributed by atoms with Gasteiger partial charge in [0.15, 0.2) is 46.0 Å². The van der Waals surface area contributed by atoms with E-state index in [0.29, 0.717) is 25.7 Å². The minimum absolute atomic E-state index is 0.0230. The summed E-state index contributed by atoms with van der Waals surface area (Å²) in [7, 11) is 2.39. The van der Waals surface area contributed by atoms with E-state index in [0.717, 1.165) is 17.0 Å². The molecule has 16 atom stereocenters. The normalized spacial score (nSPS) is 36.3. The van der Waals surface area contributed by atoms with Crippen LogP contribution < -0.4 is 60.8 Å². The van der Waals surface area contributed by atoms with E-state index >= 15 is 0 Å². The number of nitrogens with two attached hydrogens (primary N) is 4. The van der Waals surface area contributed by atoms with Crippen LogP contribution in [-0.2, 0) is 63.6 Å². The van der Waals surface area contributed by atoms with E-state index in [1.54, 1.807) is 55.4 Å². The van der Waals surface area contributed by atoms with Gasteiger partial charge in [0, 0.05) is 148 Å². The highest BCUT2D eigenvalue weighted by Crippen LogP contribution is 2.50. The summed E-state index contributed by atoms with van der Waals surface area (Å²) in [5.41, 5.74) is 23.7. The Morgan fingerprint density at radius 1 is 0.342 bits per heavy atom. The number of fused-ring (bicyclic) bond motifs is 12. The molecule has 8 aliphatic heterocycles. The zero-order valence-electron chi connectivity index (χ0n) is 103. The molecular weight excluding hydrogens is 1520 g/mol. The predicted molar refractivity (Wildman–Crippen MR) is 471 cm³/mol. The van der Waals surface area contributed by atoms with Gasteiger partial charge in [-0.2, -0.15) is 0 Å². The number of carbonyl (C=O) groups is 4. The molecule has 4 aromatic carbocycles. The number of nitrogens with zero attached hydrogens (tertiary/aromatic N) is 4. The second-order valence-corrected chi connectivity index (χ2v) is 34.8. The standard InChI is InChI=1S/4C24H38N2O4/c4*1-14(2)9-17-13-26-8-7-16-10-21(28-5)22(29-6)11-18(16)19(26)12-20(17)30-24(27)23(25)15(3)4/h4*10-11,14-15,17,19-20,23H,7-9,12-13,25H2,1-6H3/t4*17?,19?,20?,23-/m0000/s1/i5D3,7D2,8D2,19D,20D;2*7D2,8D2,19D,20D;5D3,7D2,8D2,19D. The van der Waals surface area contributed by atoms with Gasteiger partial charge in [0.25, 0.3) is 0 Å². The minimum atomic E-state index is -2.90. The molecule has 0 amide bonds. The summed E-state index contributed by atoms with van der Waals surface area (Å²) >= 11 is 0. The van der Waals surface area contributed by atoms with Crippen LogP contribution in [0.15, 0.2) is 48.5 Å². The lowest BCUT2D eigenvalue weighted by molar-refractivity contribution is -0.161. The number of carbonyl (C=O) groups excluding carboxylic acids is 4. The van der Waals surface area contributed by atoms with E-state index in [1.165, 1.54) is 93.8 Å². The van der Waals surface area contributed by atoms with Crippen LogP contribution in [0.3, 0.4) is 0 Å². The predicted octanol–water partition coefficient (Wildman–Crippen LogP) is 14.3. The van der Waals surface area contributed by atoms with Crippen molar-refractivity contribution in [1.82, 2.24) is 19.6 Å². The summed E-state index contributed by atoms with van der Waals surface area (Å²) in [6, 6.07) is -1.24. The fraction of sp³-hybridized carbons (Fsp3) is 0.708. The van der Waals surface area contributed by atoms with Crippen molar-refractivity contribution in [3.8, 4) is 46.0 Å². The molecule has 0 spiro atoms. The molecule has 24 nitrogen and oxygen atoms in total. The maximum atomic E-state index is 12.9. The molecule has 12 unspecified atom stereocenters. The first kappa shape index (κ1) is 62.9. The number of methoxy groups -OCH3 is 8. The van der Waals surface area contributed by atoms with Gasteiger partial charge in [-0.25, -0.2) is 0 Å². The van der Waals surface area contributed by atoms with E-state index in [4.69, 9.17) is 110 Å². The van der Waals surface area contributed by atoms with Crippen LogP contribution in [0.2, 0.25) is 0 Å². The molecule has 4 aromatic rings. The first-order valence-corrected chi connectivity index (χ1v) is 41.7. The van der Waals surface area contributed by atoms with Crippen LogP contribution in [0.4, 0.5) is 0 Å². The Labute approximate surface area is 759 Å². The summed E-state index contributed by atoms with van der Waals surface area (Å²) < 4.78 is 317. The number of aryl methyl sites for hydroxylation is 4.